The third kappa shape index (κ3) is 2.40. The van der Waals surface area contributed by atoms with E-state index < -0.39 is 0 Å². The molecule has 1 aliphatic rings. The summed E-state index contributed by atoms with van der Waals surface area (Å²) in [6.07, 6.45) is 5.51. The fourth-order valence-corrected chi connectivity index (χ4v) is 2.23. The predicted octanol–water partition coefficient (Wildman–Crippen LogP) is 2.14. The van der Waals surface area contributed by atoms with Crippen molar-refractivity contribution in [3.05, 3.63) is 29.6 Å². The van der Waals surface area contributed by atoms with E-state index >= 15 is 0 Å². The monoisotopic (exact) mass is 219 g/mol. The molecule has 0 saturated carbocycles. The fourth-order valence-electron chi connectivity index (χ4n) is 2.23. The number of carbonyl (C=O) groups excluding carboxylic acids is 1. The van der Waals surface area contributed by atoms with Crippen LogP contribution in [0.1, 0.15) is 31.0 Å². The number of ether oxygens (including phenoxy) is 1. The second kappa shape index (κ2) is 5.10. The lowest BCUT2D eigenvalue weighted by atomic mass is 9.98. The highest BCUT2D eigenvalue weighted by molar-refractivity contribution is 5.73. The zero-order valence-electron chi connectivity index (χ0n) is 9.61. The van der Waals surface area contributed by atoms with Gasteiger partial charge in [-0.25, -0.2) is 0 Å². The average molecular weight is 219 g/mol. The number of esters is 1. The van der Waals surface area contributed by atoms with Gasteiger partial charge in [0.05, 0.1) is 12.5 Å². The minimum absolute atomic E-state index is 0.0189. The number of rotatable bonds is 2. The fraction of sp³-hybridized carbons (Fsp3) is 0.538. The predicted molar refractivity (Wildman–Crippen MR) is 61.0 cm³/mol. The van der Waals surface area contributed by atoms with Gasteiger partial charge in [0.25, 0.3) is 0 Å². The number of fused-ring (bicyclic) bond motifs is 1. The zero-order chi connectivity index (χ0) is 11.4. The third-order valence-electron chi connectivity index (χ3n) is 3.04. The van der Waals surface area contributed by atoms with Crippen molar-refractivity contribution in [1.82, 2.24) is 4.98 Å². The summed E-state index contributed by atoms with van der Waals surface area (Å²) in [7, 11) is 0. The van der Waals surface area contributed by atoms with Crippen molar-refractivity contribution in [1.29, 1.82) is 0 Å². The quantitative estimate of drug-likeness (QED) is 0.565. The second-order valence-corrected chi connectivity index (χ2v) is 4.15. The molecule has 1 aliphatic carbocycles. The lowest BCUT2D eigenvalue weighted by Gasteiger charge is -2.12. The Kier molecular flexibility index (Phi) is 3.54. The molecule has 86 valence electrons. The van der Waals surface area contributed by atoms with E-state index in [0.29, 0.717) is 6.61 Å². The summed E-state index contributed by atoms with van der Waals surface area (Å²) in [5.41, 5.74) is 2.35. The highest BCUT2D eigenvalue weighted by Gasteiger charge is 2.24. The SMILES string of the molecule is CCOC(=O)C1CCCc2ncccc2C1. The van der Waals surface area contributed by atoms with Crippen molar-refractivity contribution in [2.45, 2.75) is 32.6 Å². The summed E-state index contributed by atoms with van der Waals surface area (Å²) >= 11 is 0. The van der Waals surface area contributed by atoms with Crippen LogP contribution in [0.4, 0.5) is 0 Å². The minimum atomic E-state index is -0.0563. The number of hydrogen-bond donors (Lipinski definition) is 0. The molecule has 0 fully saturated rings. The minimum Gasteiger partial charge on any atom is -0.466 e. The van der Waals surface area contributed by atoms with Gasteiger partial charge in [-0.2, -0.15) is 0 Å². The van der Waals surface area contributed by atoms with Crippen molar-refractivity contribution < 1.29 is 9.53 Å². The lowest BCUT2D eigenvalue weighted by Crippen LogP contribution is -2.19. The van der Waals surface area contributed by atoms with E-state index in [-0.39, 0.29) is 11.9 Å². The molecule has 1 heterocycles. The van der Waals surface area contributed by atoms with Gasteiger partial charge in [0, 0.05) is 11.9 Å². The molecule has 0 N–H and O–H groups in total. The average Bonchev–Trinajstić information content (AvgIpc) is 2.51. The van der Waals surface area contributed by atoms with Gasteiger partial charge >= 0.3 is 5.97 Å². The first kappa shape index (κ1) is 11.1. The molecule has 1 atom stereocenters. The van der Waals surface area contributed by atoms with Gasteiger partial charge in [0.15, 0.2) is 0 Å². The van der Waals surface area contributed by atoms with Crippen LogP contribution in [0.25, 0.3) is 0 Å². The smallest absolute Gasteiger partial charge is 0.309 e. The third-order valence-corrected chi connectivity index (χ3v) is 3.04. The van der Waals surface area contributed by atoms with E-state index in [4.69, 9.17) is 4.74 Å². The maximum absolute atomic E-state index is 11.7. The largest absolute Gasteiger partial charge is 0.466 e. The molecule has 0 spiro atoms. The van der Waals surface area contributed by atoms with Crippen LogP contribution in [0, 0.1) is 5.92 Å². The van der Waals surface area contributed by atoms with Crippen LogP contribution in [0.15, 0.2) is 18.3 Å². The molecule has 0 aromatic carbocycles. The summed E-state index contributed by atoms with van der Waals surface area (Å²) in [6.45, 7) is 2.32. The Morgan fingerprint density at radius 2 is 2.50 bits per heavy atom. The molecular formula is C13H17NO2. The van der Waals surface area contributed by atoms with Crippen molar-refractivity contribution in [3.63, 3.8) is 0 Å². The maximum atomic E-state index is 11.7. The van der Waals surface area contributed by atoms with E-state index in [1.54, 1.807) is 0 Å². The molecule has 0 aliphatic heterocycles. The normalized spacial score (nSPS) is 19.7. The summed E-state index contributed by atoms with van der Waals surface area (Å²) < 4.78 is 5.09. The number of aryl methyl sites for hydroxylation is 1. The van der Waals surface area contributed by atoms with E-state index in [0.717, 1.165) is 31.4 Å². The van der Waals surface area contributed by atoms with Crippen molar-refractivity contribution in [3.8, 4) is 0 Å². The summed E-state index contributed by atoms with van der Waals surface area (Å²) in [5, 5.41) is 0. The van der Waals surface area contributed by atoms with Gasteiger partial charge in [-0.05, 0) is 44.2 Å². The van der Waals surface area contributed by atoms with Crippen LogP contribution >= 0.6 is 0 Å². The number of nitrogens with zero attached hydrogens (tertiary/aromatic N) is 1. The molecule has 1 aromatic rings. The van der Waals surface area contributed by atoms with Gasteiger partial charge in [-0.3, -0.25) is 9.78 Å². The number of pyridine rings is 1. The number of aromatic nitrogens is 1. The Bertz CT molecular complexity index is 376. The molecule has 16 heavy (non-hydrogen) atoms. The molecule has 0 radical (unpaired) electrons. The first-order valence-electron chi connectivity index (χ1n) is 5.90. The van der Waals surface area contributed by atoms with Gasteiger partial charge in [0.1, 0.15) is 0 Å². The van der Waals surface area contributed by atoms with Gasteiger partial charge < -0.3 is 4.74 Å². The standard InChI is InChI=1S/C13H17NO2/c1-2-16-13(15)11-5-3-7-12-10(9-11)6-4-8-14-12/h4,6,8,11H,2-3,5,7,9H2,1H3. The maximum Gasteiger partial charge on any atom is 0.309 e. The molecule has 2 rings (SSSR count). The van der Waals surface area contributed by atoms with E-state index in [1.165, 1.54) is 5.56 Å². The lowest BCUT2D eigenvalue weighted by molar-refractivity contribution is -0.148. The van der Waals surface area contributed by atoms with Crippen LogP contribution in [-0.2, 0) is 22.4 Å². The van der Waals surface area contributed by atoms with Gasteiger partial charge in [0.2, 0.25) is 0 Å². The molecule has 0 saturated heterocycles. The molecule has 3 heteroatoms. The Balaban J connectivity index is 2.13. The second-order valence-electron chi connectivity index (χ2n) is 4.15. The van der Waals surface area contributed by atoms with Crippen LogP contribution < -0.4 is 0 Å². The topological polar surface area (TPSA) is 39.2 Å². The zero-order valence-corrected chi connectivity index (χ0v) is 9.61. The van der Waals surface area contributed by atoms with Crippen LogP contribution in [0.3, 0.4) is 0 Å². The first-order valence-corrected chi connectivity index (χ1v) is 5.90. The Morgan fingerprint density at radius 1 is 1.62 bits per heavy atom. The highest BCUT2D eigenvalue weighted by Crippen LogP contribution is 2.23. The first-order chi connectivity index (χ1) is 7.81. The molecule has 1 unspecified atom stereocenters. The molecular weight excluding hydrogens is 202 g/mol. The van der Waals surface area contributed by atoms with Gasteiger partial charge in [-0.1, -0.05) is 6.07 Å². The van der Waals surface area contributed by atoms with E-state index in [9.17, 15) is 4.79 Å². The van der Waals surface area contributed by atoms with E-state index in [2.05, 4.69) is 11.1 Å². The Morgan fingerprint density at radius 3 is 3.31 bits per heavy atom. The van der Waals surface area contributed by atoms with Crippen molar-refractivity contribution in [2.75, 3.05) is 6.61 Å². The van der Waals surface area contributed by atoms with Crippen molar-refractivity contribution in [2.24, 2.45) is 5.92 Å². The Hall–Kier alpha value is -1.38. The molecule has 0 amide bonds. The van der Waals surface area contributed by atoms with Crippen LogP contribution in [-0.4, -0.2) is 17.6 Å². The molecule has 0 bridgehead atoms. The van der Waals surface area contributed by atoms with E-state index in [1.807, 2.05) is 19.2 Å². The van der Waals surface area contributed by atoms with Crippen LogP contribution in [0.5, 0.6) is 0 Å². The van der Waals surface area contributed by atoms with Gasteiger partial charge in [-0.15, -0.1) is 0 Å². The number of hydrogen-bond acceptors (Lipinski definition) is 3. The Labute approximate surface area is 95.8 Å². The summed E-state index contributed by atoms with van der Waals surface area (Å²) in [5.74, 6) is -0.0374. The molecule has 1 aromatic heterocycles. The van der Waals surface area contributed by atoms with Crippen LogP contribution in [0.2, 0.25) is 0 Å². The summed E-state index contributed by atoms with van der Waals surface area (Å²) in [6, 6.07) is 4.01. The summed E-state index contributed by atoms with van der Waals surface area (Å²) in [4.78, 5) is 16.1. The van der Waals surface area contributed by atoms with Crippen molar-refractivity contribution >= 4 is 5.97 Å². The highest BCUT2D eigenvalue weighted by atomic mass is 16.5. The molecule has 3 nitrogen and oxygen atoms in total. The number of carbonyl (C=O) groups is 1.